The molecule has 0 aromatic heterocycles. The number of hydrogen-bond donors (Lipinski definition) is 1. The van der Waals surface area contributed by atoms with Crippen molar-refractivity contribution in [2.45, 2.75) is 39.5 Å². The van der Waals surface area contributed by atoms with Crippen molar-refractivity contribution in [2.75, 3.05) is 13.2 Å². The first kappa shape index (κ1) is 16.4. The number of carboxylic acid groups (broad SMARTS) is 1. The van der Waals surface area contributed by atoms with Gasteiger partial charge in [0.25, 0.3) is 0 Å². The van der Waals surface area contributed by atoms with Crippen molar-refractivity contribution < 1.29 is 29.0 Å². The van der Waals surface area contributed by atoms with Crippen LogP contribution in [0.3, 0.4) is 0 Å². The van der Waals surface area contributed by atoms with Crippen molar-refractivity contribution in [3.05, 3.63) is 0 Å². The lowest BCUT2D eigenvalue weighted by Gasteiger charge is -2.09. The number of hydrogen-bond acceptors (Lipinski definition) is 5. The fourth-order valence-electron chi connectivity index (χ4n) is 1.01. The van der Waals surface area contributed by atoms with Gasteiger partial charge in [-0.3, -0.25) is 14.4 Å². The van der Waals surface area contributed by atoms with Gasteiger partial charge in [0.1, 0.15) is 0 Å². The molecule has 0 spiro atoms. The highest BCUT2D eigenvalue weighted by Crippen LogP contribution is 2.03. The van der Waals surface area contributed by atoms with Gasteiger partial charge in [0.05, 0.1) is 32.0 Å². The van der Waals surface area contributed by atoms with Gasteiger partial charge in [-0.25, -0.2) is 0 Å². The Bertz CT molecular complexity index is 286. The summed E-state index contributed by atoms with van der Waals surface area (Å²) in [5.41, 5.74) is 0. The van der Waals surface area contributed by atoms with Crippen molar-refractivity contribution in [3.8, 4) is 0 Å². The average Bonchev–Trinajstić information content (AvgIpc) is 2.34. The van der Waals surface area contributed by atoms with Gasteiger partial charge in [-0.05, 0) is 6.42 Å². The van der Waals surface area contributed by atoms with Crippen LogP contribution in [0.15, 0.2) is 0 Å². The van der Waals surface area contributed by atoms with E-state index in [0.717, 1.165) is 6.42 Å². The quantitative estimate of drug-likeness (QED) is 0.497. The van der Waals surface area contributed by atoms with Crippen LogP contribution in [-0.2, 0) is 23.9 Å². The predicted octanol–water partition coefficient (Wildman–Crippen LogP) is 1.37. The third-order valence-electron chi connectivity index (χ3n) is 2.35. The minimum absolute atomic E-state index is 0.122. The Balaban J connectivity index is 3.48. The van der Waals surface area contributed by atoms with Crippen molar-refractivity contribution in [3.63, 3.8) is 0 Å². The molecule has 0 aromatic rings. The van der Waals surface area contributed by atoms with Gasteiger partial charge in [0.2, 0.25) is 0 Å². The SMILES string of the molecule is CCC(C)C(=O)OCCCOC(=O)CCC(=O)O. The zero-order chi connectivity index (χ0) is 14.0. The highest BCUT2D eigenvalue weighted by atomic mass is 16.5. The van der Waals surface area contributed by atoms with Crippen LogP contribution in [0.25, 0.3) is 0 Å². The van der Waals surface area contributed by atoms with E-state index in [4.69, 9.17) is 14.6 Å². The Morgan fingerprint density at radius 2 is 1.72 bits per heavy atom. The minimum Gasteiger partial charge on any atom is -0.481 e. The number of carbonyl (C=O) groups excluding carboxylic acids is 2. The summed E-state index contributed by atoms with van der Waals surface area (Å²) in [5.74, 6) is -1.96. The summed E-state index contributed by atoms with van der Waals surface area (Å²) in [6.07, 6.45) is 0.772. The molecule has 0 saturated carbocycles. The lowest BCUT2D eigenvalue weighted by atomic mass is 10.1. The van der Waals surface area contributed by atoms with E-state index in [1.54, 1.807) is 6.92 Å². The molecule has 0 amide bonds. The number of carboxylic acids is 1. The van der Waals surface area contributed by atoms with E-state index in [-0.39, 0.29) is 37.9 Å². The van der Waals surface area contributed by atoms with Gasteiger partial charge < -0.3 is 14.6 Å². The van der Waals surface area contributed by atoms with Crippen LogP contribution in [0.5, 0.6) is 0 Å². The molecule has 0 heterocycles. The van der Waals surface area contributed by atoms with Crippen LogP contribution < -0.4 is 0 Å². The molecule has 0 aliphatic heterocycles. The summed E-state index contributed by atoms with van der Waals surface area (Å²) in [4.78, 5) is 32.4. The zero-order valence-electron chi connectivity index (χ0n) is 10.8. The van der Waals surface area contributed by atoms with Crippen molar-refractivity contribution in [2.24, 2.45) is 5.92 Å². The summed E-state index contributed by atoms with van der Waals surface area (Å²) >= 11 is 0. The van der Waals surface area contributed by atoms with E-state index in [2.05, 4.69) is 0 Å². The molecule has 18 heavy (non-hydrogen) atoms. The molecule has 0 bridgehead atoms. The standard InChI is InChI=1S/C12H20O6/c1-3-9(2)12(16)18-8-4-7-17-11(15)6-5-10(13)14/h9H,3-8H2,1-2H3,(H,13,14). The van der Waals surface area contributed by atoms with Gasteiger partial charge >= 0.3 is 17.9 Å². The lowest BCUT2D eigenvalue weighted by Crippen LogP contribution is -2.16. The molecule has 1 unspecified atom stereocenters. The smallest absolute Gasteiger partial charge is 0.308 e. The highest BCUT2D eigenvalue weighted by molar-refractivity contribution is 5.76. The van der Waals surface area contributed by atoms with E-state index >= 15 is 0 Å². The van der Waals surface area contributed by atoms with E-state index in [1.165, 1.54) is 0 Å². The molecule has 0 radical (unpaired) electrons. The monoisotopic (exact) mass is 260 g/mol. The van der Waals surface area contributed by atoms with Crippen molar-refractivity contribution in [1.82, 2.24) is 0 Å². The fraction of sp³-hybridized carbons (Fsp3) is 0.750. The van der Waals surface area contributed by atoms with Crippen LogP contribution in [0.4, 0.5) is 0 Å². The Morgan fingerprint density at radius 3 is 2.28 bits per heavy atom. The molecule has 0 fully saturated rings. The second-order valence-corrected chi connectivity index (χ2v) is 3.94. The third-order valence-corrected chi connectivity index (χ3v) is 2.35. The molecule has 1 N–H and O–H groups in total. The molecule has 0 aliphatic carbocycles. The maximum atomic E-state index is 11.3. The normalized spacial score (nSPS) is 11.7. The van der Waals surface area contributed by atoms with E-state index in [9.17, 15) is 14.4 Å². The van der Waals surface area contributed by atoms with Crippen LogP contribution in [0, 0.1) is 5.92 Å². The van der Waals surface area contributed by atoms with Crippen LogP contribution in [0.2, 0.25) is 0 Å². The zero-order valence-corrected chi connectivity index (χ0v) is 10.8. The van der Waals surface area contributed by atoms with Gasteiger partial charge in [-0.2, -0.15) is 0 Å². The lowest BCUT2D eigenvalue weighted by molar-refractivity contribution is -0.150. The first-order valence-electron chi connectivity index (χ1n) is 6.01. The molecule has 0 saturated heterocycles. The van der Waals surface area contributed by atoms with Crippen LogP contribution in [0.1, 0.15) is 39.5 Å². The number of carbonyl (C=O) groups is 3. The Morgan fingerprint density at radius 1 is 1.11 bits per heavy atom. The molecular weight excluding hydrogens is 240 g/mol. The molecule has 6 heteroatoms. The summed E-state index contributed by atoms with van der Waals surface area (Å²) in [7, 11) is 0. The Labute approximate surface area is 106 Å². The number of ether oxygens (including phenoxy) is 2. The number of rotatable bonds is 9. The van der Waals surface area contributed by atoms with E-state index in [1.807, 2.05) is 6.92 Å². The topological polar surface area (TPSA) is 89.9 Å². The molecule has 0 aromatic carbocycles. The average molecular weight is 260 g/mol. The summed E-state index contributed by atoms with van der Waals surface area (Å²) in [5, 5.41) is 8.34. The molecule has 0 aliphatic rings. The van der Waals surface area contributed by atoms with E-state index < -0.39 is 11.9 Å². The van der Waals surface area contributed by atoms with Gasteiger partial charge in [0, 0.05) is 6.42 Å². The van der Waals surface area contributed by atoms with Gasteiger partial charge in [-0.15, -0.1) is 0 Å². The largest absolute Gasteiger partial charge is 0.481 e. The van der Waals surface area contributed by atoms with Crippen LogP contribution >= 0.6 is 0 Å². The first-order chi connectivity index (χ1) is 8.47. The molecule has 0 rings (SSSR count). The van der Waals surface area contributed by atoms with E-state index in [0.29, 0.717) is 6.42 Å². The number of aliphatic carboxylic acids is 1. The summed E-state index contributed by atoms with van der Waals surface area (Å²) < 4.78 is 9.72. The molecule has 6 nitrogen and oxygen atoms in total. The number of esters is 2. The van der Waals surface area contributed by atoms with Crippen LogP contribution in [-0.4, -0.2) is 36.2 Å². The summed E-state index contributed by atoms with van der Waals surface area (Å²) in [6.45, 7) is 4.02. The second kappa shape index (κ2) is 9.44. The summed E-state index contributed by atoms with van der Waals surface area (Å²) in [6, 6.07) is 0. The van der Waals surface area contributed by atoms with Crippen molar-refractivity contribution in [1.29, 1.82) is 0 Å². The molecular formula is C12H20O6. The predicted molar refractivity (Wildman–Crippen MR) is 62.9 cm³/mol. The molecule has 1 atom stereocenters. The first-order valence-corrected chi connectivity index (χ1v) is 6.01. The second-order valence-electron chi connectivity index (χ2n) is 3.94. The third kappa shape index (κ3) is 8.55. The highest BCUT2D eigenvalue weighted by Gasteiger charge is 2.11. The van der Waals surface area contributed by atoms with Crippen molar-refractivity contribution >= 4 is 17.9 Å². The Hall–Kier alpha value is -1.59. The fourth-order valence-corrected chi connectivity index (χ4v) is 1.01. The maximum absolute atomic E-state index is 11.3. The molecule has 104 valence electrons. The van der Waals surface area contributed by atoms with Gasteiger partial charge in [-0.1, -0.05) is 13.8 Å². The Kier molecular flexibility index (Phi) is 8.61. The van der Waals surface area contributed by atoms with Gasteiger partial charge in [0.15, 0.2) is 0 Å². The minimum atomic E-state index is -1.03. The maximum Gasteiger partial charge on any atom is 0.308 e.